The second kappa shape index (κ2) is 9.62. The van der Waals surface area contributed by atoms with E-state index in [1.165, 1.54) is 0 Å². The van der Waals surface area contributed by atoms with E-state index in [0.717, 1.165) is 11.1 Å². The number of carbonyl (C=O) groups is 2. The van der Waals surface area contributed by atoms with Crippen molar-refractivity contribution < 1.29 is 9.59 Å². The van der Waals surface area contributed by atoms with Gasteiger partial charge in [0.2, 0.25) is 11.8 Å². The standard InChI is InChI=1S/C21H26N2O2/c1-16(18-10-5-3-6-11-18)22-20(24)14-9-15-21(25)23-17(2)19-12-7-4-8-13-19/h3-8,10-13,16-17H,9,14-15H2,1-2H3,(H,22,24)(H,23,25)/t16-,17-/m0/s1. The van der Waals surface area contributed by atoms with Crippen LogP contribution in [0.3, 0.4) is 0 Å². The van der Waals surface area contributed by atoms with Crippen molar-refractivity contribution in [1.29, 1.82) is 0 Å². The van der Waals surface area contributed by atoms with Crippen molar-refractivity contribution >= 4 is 11.8 Å². The second-order valence-corrected chi connectivity index (χ2v) is 6.25. The summed E-state index contributed by atoms with van der Waals surface area (Å²) in [5, 5.41) is 5.93. The molecule has 2 amide bonds. The Balaban J connectivity index is 1.67. The van der Waals surface area contributed by atoms with E-state index in [4.69, 9.17) is 0 Å². The summed E-state index contributed by atoms with van der Waals surface area (Å²) in [6, 6.07) is 19.6. The van der Waals surface area contributed by atoms with Crippen LogP contribution in [0.4, 0.5) is 0 Å². The topological polar surface area (TPSA) is 58.2 Å². The summed E-state index contributed by atoms with van der Waals surface area (Å²) in [7, 11) is 0. The first-order chi connectivity index (χ1) is 12.1. The Labute approximate surface area is 149 Å². The van der Waals surface area contributed by atoms with Gasteiger partial charge in [0.05, 0.1) is 12.1 Å². The van der Waals surface area contributed by atoms with Crippen LogP contribution in [0.2, 0.25) is 0 Å². The molecule has 0 heterocycles. The van der Waals surface area contributed by atoms with E-state index in [2.05, 4.69) is 10.6 Å². The quantitative estimate of drug-likeness (QED) is 0.766. The van der Waals surface area contributed by atoms with Gasteiger partial charge in [-0.05, 0) is 31.4 Å². The Hall–Kier alpha value is -2.62. The molecule has 2 rings (SSSR count). The van der Waals surface area contributed by atoms with Gasteiger partial charge in [0, 0.05) is 12.8 Å². The van der Waals surface area contributed by atoms with Crippen molar-refractivity contribution in [3.05, 3.63) is 71.8 Å². The highest BCUT2D eigenvalue weighted by Crippen LogP contribution is 2.13. The number of hydrogen-bond acceptors (Lipinski definition) is 2. The fraction of sp³-hybridized carbons (Fsp3) is 0.333. The highest BCUT2D eigenvalue weighted by molar-refractivity contribution is 5.79. The summed E-state index contributed by atoms with van der Waals surface area (Å²) in [4.78, 5) is 24.0. The summed E-state index contributed by atoms with van der Waals surface area (Å²) in [5.74, 6) is -0.0551. The van der Waals surface area contributed by atoms with Gasteiger partial charge in [0.25, 0.3) is 0 Å². The lowest BCUT2D eigenvalue weighted by molar-refractivity contribution is -0.123. The first kappa shape index (κ1) is 18.7. The number of carbonyl (C=O) groups excluding carboxylic acids is 2. The molecule has 0 bridgehead atoms. The molecule has 4 heteroatoms. The average Bonchev–Trinajstić information content (AvgIpc) is 2.63. The van der Waals surface area contributed by atoms with E-state index in [0.29, 0.717) is 19.3 Å². The van der Waals surface area contributed by atoms with E-state index in [9.17, 15) is 9.59 Å². The van der Waals surface area contributed by atoms with Gasteiger partial charge in [-0.2, -0.15) is 0 Å². The molecule has 0 aliphatic heterocycles. The Morgan fingerprint density at radius 1 is 0.720 bits per heavy atom. The smallest absolute Gasteiger partial charge is 0.220 e. The molecule has 2 aromatic rings. The van der Waals surface area contributed by atoms with E-state index in [-0.39, 0.29) is 23.9 Å². The molecule has 0 aromatic heterocycles. The van der Waals surface area contributed by atoms with Crippen molar-refractivity contribution in [2.24, 2.45) is 0 Å². The predicted octanol–water partition coefficient (Wildman–Crippen LogP) is 3.91. The summed E-state index contributed by atoms with van der Waals surface area (Å²) >= 11 is 0. The van der Waals surface area contributed by atoms with E-state index >= 15 is 0 Å². The lowest BCUT2D eigenvalue weighted by atomic mass is 10.1. The summed E-state index contributed by atoms with van der Waals surface area (Å²) in [5.41, 5.74) is 2.15. The normalized spacial score (nSPS) is 12.9. The molecule has 2 atom stereocenters. The third-order valence-corrected chi connectivity index (χ3v) is 4.16. The van der Waals surface area contributed by atoms with Gasteiger partial charge in [-0.3, -0.25) is 9.59 Å². The van der Waals surface area contributed by atoms with Crippen molar-refractivity contribution in [1.82, 2.24) is 10.6 Å². The molecular weight excluding hydrogens is 312 g/mol. The Bertz CT molecular complexity index is 611. The molecule has 25 heavy (non-hydrogen) atoms. The van der Waals surface area contributed by atoms with Crippen molar-refractivity contribution in [3.63, 3.8) is 0 Å². The van der Waals surface area contributed by atoms with Gasteiger partial charge in [0.15, 0.2) is 0 Å². The van der Waals surface area contributed by atoms with Crippen LogP contribution in [-0.4, -0.2) is 11.8 Å². The van der Waals surface area contributed by atoms with Crippen LogP contribution in [0.25, 0.3) is 0 Å². The van der Waals surface area contributed by atoms with Crippen molar-refractivity contribution in [2.75, 3.05) is 0 Å². The molecule has 2 N–H and O–H groups in total. The molecule has 2 aromatic carbocycles. The first-order valence-corrected chi connectivity index (χ1v) is 8.75. The third kappa shape index (κ3) is 6.42. The van der Waals surface area contributed by atoms with Crippen LogP contribution in [0.15, 0.2) is 60.7 Å². The Kier molecular flexibility index (Phi) is 7.20. The Morgan fingerprint density at radius 2 is 1.08 bits per heavy atom. The molecule has 0 spiro atoms. The van der Waals surface area contributed by atoms with Crippen LogP contribution in [0.5, 0.6) is 0 Å². The fourth-order valence-corrected chi connectivity index (χ4v) is 2.69. The zero-order chi connectivity index (χ0) is 18.1. The predicted molar refractivity (Wildman–Crippen MR) is 99.9 cm³/mol. The number of hydrogen-bond donors (Lipinski definition) is 2. The first-order valence-electron chi connectivity index (χ1n) is 8.75. The van der Waals surface area contributed by atoms with Gasteiger partial charge in [-0.15, -0.1) is 0 Å². The number of nitrogens with one attached hydrogen (secondary N) is 2. The minimum absolute atomic E-state index is 0.0272. The highest BCUT2D eigenvalue weighted by Gasteiger charge is 2.12. The molecule has 4 nitrogen and oxygen atoms in total. The minimum atomic E-state index is -0.0275. The number of benzene rings is 2. The van der Waals surface area contributed by atoms with Gasteiger partial charge in [-0.25, -0.2) is 0 Å². The van der Waals surface area contributed by atoms with Gasteiger partial charge in [-0.1, -0.05) is 60.7 Å². The Morgan fingerprint density at radius 3 is 1.44 bits per heavy atom. The van der Waals surface area contributed by atoms with E-state index in [1.54, 1.807) is 0 Å². The van der Waals surface area contributed by atoms with Crippen LogP contribution < -0.4 is 10.6 Å². The minimum Gasteiger partial charge on any atom is -0.350 e. The highest BCUT2D eigenvalue weighted by atomic mass is 16.2. The maximum Gasteiger partial charge on any atom is 0.220 e. The molecule has 0 radical (unpaired) electrons. The van der Waals surface area contributed by atoms with Crippen LogP contribution in [0.1, 0.15) is 56.3 Å². The molecule has 0 aliphatic rings. The molecular formula is C21H26N2O2. The zero-order valence-electron chi connectivity index (χ0n) is 14.9. The van der Waals surface area contributed by atoms with E-state index < -0.39 is 0 Å². The summed E-state index contributed by atoms with van der Waals surface area (Å²) < 4.78 is 0. The van der Waals surface area contributed by atoms with Gasteiger partial charge < -0.3 is 10.6 Å². The van der Waals surface area contributed by atoms with Crippen LogP contribution in [0, 0.1) is 0 Å². The summed E-state index contributed by atoms with van der Waals surface area (Å²) in [6.45, 7) is 3.92. The van der Waals surface area contributed by atoms with Gasteiger partial charge >= 0.3 is 0 Å². The molecule has 0 saturated carbocycles. The largest absolute Gasteiger partial charge is 0.350 e. The average molecular weight is 338 g/mol. The molecule has 0 unspecified atom stereocenters. The third-order valence-electron chi connectivity index (χ3n) is 4.16. The summed E-state index contributed by atoms with van der Waals surface area (Å²) in [6.07, 6.45) is 1.25. The molecule has 0 aliphatic carbocycles. The van der Waals surface area contributed by atoms with Crippen molar-refractivity contribution in [2.45, 2.75) is 45.2 Å². The fourth-order valence-electron chi connectivity index (χ4n) is 2.69. The number of rotatable bonds is 8. The lowest BCUT2D eigenvalue weighted by Crippen LogP contribution is -2.28. The molecule has 0 saturated heterocycles. The maximum absolute atomic E-state index is 12.0. The van der Waals surface area contributed by atoms with E-state index in [1.807, 2.05) is 74.5 Å². The monoisotopic (exact) mass is 338 g/mol. The van der Waals surface area contributed by atoms with Crippen LogP contribution in [-0.2, 0) is 9.59 Å². The lowest BCUT2D eigenvalue weighted by Gasteiger charge is -2.15. The van der Waals surface area contributed by atoms with Crippen molar-refractivity contribution in [3.8, 4) is 0 Å². The van der Waals surface area contributed by atoms with Crippen LogP contribution >= 0.6 is 0 Å². The molecule has 0 fully saturated rings. The zero-order valence-corrected chi connectivity index (χ0v) is 14.9. The maximum atomic E-state index is 12.0. The SMILES string of the molecule is C[C@H](NC(=O)CCCC(=O)N[C@@H](C)c1ccccc1)c1ccccc1. The molecule has 132 valence electrons. The second-order valence-electron chi connectivity index (χ2n) is 6.25. The van der Waals surface area contributed by atoms with Gasteiger partial charge in [0.1, 0.15) is 0 Å². The number of amides is 2.